The first-order valence-corrected chi connectivity index (χ1v) is 11.2. The largest absolute Gasteiger partial charge is 0.416 e. The zero-order chi connectivity index (χ0) is 21.2. The number of halogens is 3. The number of hydrogen-bond donors (Lipinski definition) is 1. The topological polar surface area (TPSA) is 69.7 Å². The van der Waals surface area contributed by atoms with Crippen molar-refractivity contribution >= 4 is 16.1 Å². The molecule has 0 aliphatic carbocycles. The molecule has 2 fully saturated rings. The second-order valence-corrected chi connectivity index (χ2v) is 9.55. The Morgan fingerprint density at radius 3 is 2.62 bits per heavy atom. The van der Waals surface area contributed by atoms with Gasteiger partial charge in [-0.25, -0.2) is 0 Å². The minimum atomic E-state index is -4.54. The number of benzene rings is 1. The predicted octanol–water partition coefficient (Wildman–Crippen LogP) is 2.94. The first-order valence-electron chi connectivity index (χ1n) is 9.78. The SMILES string of the molecule is CC1CCCN(S(=O)(=O)NC(CN2CCCC2=O)c2cccc(C(F)(F)F)c2)C1. The van der Waals surface area contributed by atoms with Gasteiger partial charge >= 0.3 is 6.18 Å². The maximum absolute atomic E-state index is 13.2. The Bertz CT molecular complexity index is 845. The van der Waals surface area contributed by atoms with Crippen LogP contribution >= 0.6 is 0 Å². The summed E-state index contributed by atoms with van der Waals surface area (Å²) in [6, 6.07) is 3.66. The van der Waals surface area contributed by atoms with E-state index in [2.05, 4.69) is 4.72 Å². The third kappa shape index (κ3) is 5.49. The molecule has 2 heterocycles. The molecule has 0 saturated carbocycles. The third-order valence-electron chi connectivity index (χ3n) is 5.44. The Morgan fingerprint density at radius 2 is 2.00 bits per heavy atom. The summed E-state index contributed by atoms with van der Waals surface area (Å²) in [6.07, 6.45) is -1.84. The average Bonchev–Trinajstić information content (AvgIpc) is 3.05. The van der Waals surface area contributed by atoms with E-state index in [4.69, 9.17) is 0 Å². The number of rotatable bonds is 6. The van der Waals surface area contributed by atoms with Crippen molar-refractivity contribution in [2.75, 3.05) is 26.2 Å². The highest BCUT2D eigenvalue weighted by molar-refractivity contribution is 7.87. The van der Waals surface area contributed by atoms with Crippen LogP contribution in [0.5, 0.6) is 0 Å². The molecule has 162 valence electrons. The van der Waals surface area contributed by atoms with E-state index >= 15 is 0 Å². The van der Waals surface area contributed by atoms with Gasteiger partial charge in [0.25, 0.3) is 10.2 Å². The van der Waals surface area contributed by atoms with Gasteiger partial charge in [0.2, 0.25) is 5.91 Å². The maximum Gasteiger partial charge on any atom is 0.416 e. The molecule has 2 aliphatic rings. The van der Waals surface area contributed by atoms with Crippen molar-refractivity contribution < 1.29 is 26.4 Å². The minimum Gasteiger partial charge on any atom is -0.341 e. The number of carbonyl (C=O) groups is 1. The van der Waals surface area contributed by atoms with Crippen LogP contribution in [0.15, 0.2) is 24.3 Å². The van der Waals surface area contributed by atoms with Crippen LogP contribution in [0.25, 0.3) is 0 Å². The molecule has 0 radical (unpaired) electrons. The molecule has 29 heavy (non-hydrogen) atoms. The molecule has 1 N–H and O–H groups in total. The van der Waals surface area contributed by atoms with Crippen LogP contribution in [-0.2, 0) is 21.2 Å². The van der Waals surface area contributed by atoms with Gasteiger partial charge in [-0.1, -0.05) is 19.1 Å². The normalized spacial score (nSPS) is 22.8. The van der Waals surface area contributed by atoms with Crippen molar-refractivity contribution in [2.24, 2.45) is 5.92 Å². The monoisotopic (exact) mass is 433 g/mol. The van der Waals surface area contributed by atoms with E-state index in [1.165, 1.54) is 21.3 Å². The highest BCUT2D eigenvalue weighted by atomic mass is 32.2. The van der Waals surface area contributed by atoms with Crippen LogP contribution in [0.1, 0.15) is 49.8 Å². The van der Waals surface area contributed by atoms with Crippen molar-refractivity contribution in [3.05, 3.63) is 35.4 Å². The summed E-state index contributed by atoms with van der Waals surface area (Å²) in [6.45, 7) is 3.18. The summed E-state index contributed by atoms with van der Waals surface area (Å²) >= 11 is 0. The molecule has 2 unspecified atom stereocenters. The zero-order valence-corrected chi connectivity index (χ0v) is 17.1. The second-order valence-electron chi connectivity index (χ2n) is 7.85. The smallest absolute Gasteiger partial charge is 0.341 e. The minimum absolute atomic E-state index is 0.00275. The quantitative estimate of drug-likeness (QED) is 0.750. The summed E-state index contributed by atoms with van der Waals surface area (Å²) in [5.74, 6) is 0.0975. The lowest BCUT2D eigenvalue weighted by Gasteiger charge is -2.33. The first kappa shape index (κ1) is 22.0. The van der Waals surface area contributed by atoms with E-state index in [0.717, 1.165) is 25.0 Å². The average molecular weight is 433 g/mol. The number of nitrogens with one attached hydrogen (secondary N) is 1. The molecular formula is C19H26F3N3O3S. The molecule has 3 rings (SSSR count). The van der Waals surface area contributed by atoms with Crippen LogP contribution in [0.2, 0.25) is 0 Å². The highest BCUT2D eigenvalue weighted by Crippen LogP contribution is 2.31. The van der Waals surface area contributed by atoms with Gasteiger partial charge in [-0.3, -0.25) is 4.79 Å². The van der Waals surface area contributed by atoms with E-state index in [-0.39, 0.29) is 23.9 Å². The summed E-state index contributed by atoms with van der Waals surface area (Å²) in [5, 5.41) is 0. The highest BCUT2D eigenvalue weighted by Gasteiger charge is 2.34. The van der Waals surface area contributed by atoms with Gasteiger partial charge < -0.3 is 4.90 Å². The van der Waals surface area contributed by atoms with Gasteiger partial charge in [-0.15, -0.1) is 0 Å². The second kappa shape index (κ2) is 8.61. The number of carbonyl (C=O) groups excluding carboxylic acids is 1. The molecular weight excluding hydrogens is 407 g/mol. The zero-order valence-electron chi connectivity index (χ0n) is 16.3. The van der Waals surface area contributed by atoms with E-state index in [0.29, 0.717) is 32.5 Å². The van der Waals surface area contributed by atoms with Crippen LogP contribution in [0, 0.1) is 5.92 Å². The van der Waals surface area contributed by atoms with E-state index in [1.54, 1.807) is 0 Å². The van der Waals surface area contributed by atoms with Gasteiger partial charge in [0.05, 0.1) is 11.6 Å². The number of nitrogens with zero attached hydrogens (tertiary/aromatic N) is 2. The Labute approximate surface area is 169 Å². The lowest BCUT2D eigenvalue weighted by Crippen LogP contribution is -2.48. The van der Waals surface area contributed by atoms with Crippen molar-refractivity contribution in [3.63, 3.8) is 0 Å². The van der Waals surface area contributed by atoms with Crippen LogP contribution in [0.3, 0.4) is 0 Å². The maximum atomic E-state index is 13.2. The van der Waals surface area contributed by atoms with Gasteiger partial charge in [0.15, 0.2) is 0 Å². The standard InChI is InChI=1S/C19H26F3N3O3S/c1-14-5-3-10-25(12-14)29(27,28)23-17(13-24-9-4-8-18(24)26)15-6-2-7-16(11-15)19(20,21)22/h2,6-7,11,14,17,23H,3-5,8-10,12-13H2,1H3. The predicted molar refractivity (Wildman–Crippen MR) is 102 cm³/mol. The molecule has 0 aromatic heterocycles. The molecule has 1 amide bonds. The van der Waals surface area contributed by atoms with Gasteiger partial charge in [-0.05, 0) is 42.9 Å². The summed E-state index contributed by atoms with van der Waals surface area (Å²) in [4.78, 5) is 13.5. The van der Waals surface area contributed by atoms with Crippen molar-refractivity contribution in [2.45, 2.75) is 44.8 Å². The van der Waals surface area contributed by atoms with E-state index in [9.17, 15) is 26.4 Å². The fourth-order valence-corrected chi connectivity index (χ4v) is 5.42. The van der Waals surface area contributed by atoms with Crippen LogP contribution < -0.4 is 4.72 Å². The number of amides is 1. The van der Waals surface area contributed by atoms with Crippen LogP contribution in [-0.4, -0.2) is 49.7 Å². The molecule has 10 heteroatoms. The van der Waals surface area contributed by atoms with Crippen molar-refractivity contribution in [1.82, 2.24) is 13.9 Å². The molecule has 0 bridgehead atoms. The fraction of sp³-hybridized carbons (Fsp3) is 0.632. The molecule has 0 spiro atoms. The molecule has 2 saturated heterocycles. The van der Waals surface area contributed by atoms with Crippen molar-refractivity contribution in [3.8, 4) is 0 Å². The van der Waals surface area contributed by atoms with Gasteiger partial charge in [0, 0.05) is 32.6 Å². The number of hydrogen-bond acceptors (Lipinski definition) is 3. The van der Waals surface area contributed by atoms with Crippen molar-refractivity contribution in [1.29, 1.82) is 0 Å². The Balaban J connectivity index is 1.88. The summed E-state index contributed by atoms with van der Waals surface area (Å²) < 4.78 is 69.3. The molecule has 1 aromatic rings. The Kier molecular flexibility index (Phi) is 6.54. The number of alkyl halides is 3. The fourth-order valence-electron chi connectivity index (χ4n) is 3.88. The lowest BCUT2D eigenvalue weighted by molar-refractivity contribution is -0.137. The number of likely N-dealkylation sites (tertiary alicyclic amines) is 1. The van der Waals surface area contributed by atoms with Gasteiger partial charge in [-0.2, -0.15) is 30.6 Å². The summed E-state index contributed by atoms with van der Waals surface area (Å²) in [7, 11) is -3.91. The molecule has 2 aliphatic heterocycles. The molecule has 1 aromatic carbocycles. The number of piperidine rings is 1. The first-order chi connectivity index (χ1) is 13.6. The van der Waals surface area contributed by atoms with Crippen LogP contribution in [0.4, 0.5) is 13.2 Å². The van der Waals surface area contributed by atoms with E-state index in [1.807, 2.05) is 6.92 Å². The lowest BCUT2D eigenvalue weighted by atomic mass is 10.0. The third-order valence-corrected chi connectivity index (χ3v) is 7.04. The molecule has 6 nitrogen and oxygen atoms in total. The Hall–Kier alpha value is -1.65. The van der Waals surface area contributed by atoms with Gasteiger partial charge in [0.1, 0.15) is 0 Å². The Morgan fingerprint density at radius 1 is 1.24 bits per heavy atom. The molecule has 2 atom stereocenters. The van der Waals surface area contributed by atoms with E-state index < -0.39 is 28.0 Å². The summed E-state index contributed by atoms with van der Waals surface area (Å²) in [5.41, 5.74) is -0.660.